The van der Waals surface area contributed by atoms with E-state index < -0.39 is 11.4 Å². The van der Waals surface area contributed by atoms with Gasteiger partial charge in [-0.25, -0.2) is 4.39 Å². The number of phenols is 1. The molecule has 0 radical (unpaired) electrons. The molecule has 1 aliphatic carbocycles. The Labute approximate surface area is 153 Å². The topological polar surface area (TPSA) is 55.8 Å². The van der Waals surface area contributed by atoms with E-state index in [-0.39, 0.29) is 29.1 Å². The molecule has 5 heteroatoms. The fourth-order valence-electron chi connectivity index (χ4n) is 4.25. The highest BCUT2D eigenvalue weighted by atomic mass is 19.1. The second-order valence-corrected chi connectivity index (χ2v) is 7.21. The van der Waals surface area contributed by atoms with Gasteiger partial charge in [0.15, 0.2) is 17.3 Å². The van der Waals surface area contributed by atoms with Crippen molar-refractivity contribution in [1.29, 1.82) is 0 Å². The predicted molar refractivity (Wildman–Crippen MR) is 96.8 cm³/mol. The molecule has 1 aliphatic heterocycles. The van der Waals surface area contributed by atoms with Gasteiger partial charge in [0.2, 0.25) is 0 Å². The first-order valence-corrected chi connectivity index (χ1v) is 8.96. The Morgan fingerprint density at radius 2 is 2.31 bits per heavy atom. The lowest BCUT2D eigenvalue weighted by molar-refractivity contribution is -0.123. The molecular formula is C21H25FO4. The number of ketones is 1. The summed E-state index contributed by atoms with van der Waals surface area (Å²) >= 11 is 0. The molecule has 0 saturated carbocycles. The molecule has 26 heavy (non-hydrogen) atoms. The Balaban J connectivity index is 1.89. The van der Waals surface area contributed by atoms with Gasteiger partial charge in [-0.2, -0.15) is 0 Å². The van der Waals surface area contributed by atoms with E-state index in [9.17, 15) is 14.3 Å². The van der Waals surface area contributed by atoms with E-state index in [4.69, 9.17) is 9.47 Å². The zero-order chi connectivity index (χ0) is 18.9. The maximum Gasteiger partial charge on any atom is 0.163 e. The fourth-order valence-corrected chi connectivity index (χ4v) is 4.25. The highest BCUT2D eigenvalue weighted by molar-refractivity contribution is 5.94. The van der Waals surface area contributed by atoms with Crippen LogP contribution in [0, 0.1) is 17.7 Å². The summed E-state index contributed by atoms with van der Waals surface area (Å²) in [7, 11) is 1.39. The summed E-state index contributed by atoms with van der Waals surface area (Å²) in [5.41, 5.74) is 0.870. The van der Waals surface area contributed by atoms with Crippen LogP contribution in [0.5, 0.6) is 11.5 Å². The maximum absolute atomic E-state index is 14.4. The molecule has 3 rings (SSSR count). The van der Waals surface area contributed by atoms with Crippen LogP contribution in [0.1, 0.15) is 31.7 Å². The fraction of sp³-hybridized carbons (Fsp3) is 0.476. The lowest BCUT2D eigenvalue weighted by atomic mass is 9.68. The van der Waals surface area contributed by atoms with Crippen LogP contribution in [0.25, 0.3) is 0 Å². The van der Waals surface area contributed by atoms with E-state index in [0.29, 0.717) is 31.4 Å². The Bertz CT molecular complexity index is 755. The number of hydrogen-bond donors (Lipinski definition) is 1. The largest absolute Gasteiger partial charge is 0.504 e. The number of aromatic hydroxyl groups is 1. The molecule has 1 saturated heterocycles. The van der Waals surface area contributed by atoms with Crippen LogP contribution in [0.3, 0.4) is 0 Å². The van der Waals surface area contributed by atoms with E-state index >= 15 is 0 Å². The van der Waals surface area contributed by atoms with Gasteiger partial charge in [0.05, 0.1) is 19.3 Å². The average molecular weight is 360 g/mol. The highest BCUT2D eigenvalue weighted by Gasteiger charge is 2.49. The molecule has 1 N–H and O–H groups in total. The van der Waals surface area contributed by atoms with Crippen LogP contribution in [-0.4, -0.2) is 30.2 Å². The van der Waals surface area contributed by atoms with Crippen LogP contribution < -0.4 is 4.74 Å². The van der Waals surface area contributed by atoms with Crippen molar-refractivity contribution in [1.82, 2.24) is 0 Å². The molecule has 0 unspecified atom stereocenters. The van der Waals surface area contributed by atoms with Crippen molar-refractivity contribution in [2.45, 2.75) is 38.2 Å². The van der Waals surface area contributed by atoms with Crippen LogP contribution >= 0.6 is 0 Å². The molecule has 0 amide bonds. The molecule has 1 aromatic carbocycles. The molecule has 0 aromatic heterocycles. The zero-order valence-electron chi connectivity index (χ0n) is 15.3. The van der Waals surface area contributed by atoms with Gasteiger partial charge in [-0.1, -0.05) is 13.0 Å². The molecule has 2 aliphatic rings. The Hall–Kier alpha value is -2.14. The summed E-state index contributed by atoms with van der Waals surface area (Å²) in [6, 6.07) is 2.61. The first-order chi connectivity index (χ1) is 12.4. The molecule has 1 aromatic rings. The van der Waals surface area contributed by atoms with E-state index in [1.165, 1.54) is 19.2 Å². The third kappa shape index (κ3) is 3.16. The molecule has 0 bridgehead atoms. The molecule has 140 valence electrons. The number of rotatable bonds is 6. The van der Waals surface area contributed by atoms with Gasteiger partial charge >= 0.3 is 0 Å². The molecule has 1 heterocycles. The molecular weight excluding hydrogens is 335 g/mol. The van der Waals surface area contributed by atoms with Crippen molar-refractivity contribution >= 4 is 5.78 Å². The number of carbonyl (C=O) groups excluding carboxylic acids is 1. The minimum atomic E-state index is -0.552. The zero-order valence-corrected chi connectivity index (χ0v) is 15.3. The van der Waals surface area contributed by atoms with Gasteiger partial charge in [-0.3, -0.25) is 4.79 Å². The minimum absolute atomic E-state index is 0.0426. The Kier molecular flexibility index (Phi) is 5.19. The monoisotopic (exact) mass is 360 g/mol. The minimum Gasteiger partial charge on any atom is -0.504 e. The van der Waals surface area contributed by atoms with Crippen molar-refractivity contribution < 1.29 is 23.8 Å². The number of fused-ring (bicyclic) bond motifs is 1. The van der Waals surface area contributed by atoms with E-state index in [0.717, 1.165) is 12.0 Å². The molecule has 1 fully saturated rings. The van der Waals surface area contributed by atoms with E-state index in [1.54, 1.807) is 12.2 Å². The van der Waals surface area contributed by atoms with Crippen LogP contribution in [0.2, 0.25) is 0 Å². The van der Waals surface area contributed by atoms with Gasteiger partial charge in [0.1, 0.15) is 5.82 Å². The van der Waals surface area contributed by atoms with Gasteiger partial charge in [0.25, 0.3) is 0 Å². The standard InChI is InChI=1S/C21H25FO4/c1-4-5-14-12-21(16(6-7-26-21)10-18(14)23)13(2)8-15-9-19(24)20(25-3)11-17(15)22/h4,9-11,13-14,24H,1,5-8,12H2,2-3H3/t13-,14+,21-/m1/s1. The smallest absolute Gasteiger partial charge is 0.163 e. The summed E-state index contributed by atoms with van der Waals surface area (Å²) in [4.78, 5) is 12.3. The summed E-state index contributed by atoms with van der Waals surface area (Å²) in [5.74, 6) is -0.448. The lowest BCUT2D eigenvalue weighted by Crippen LogP contribution is -2.44. The van der Waals surface area contributed by atoms with Gasteiger partial charge < -0.3 is 14.6 Å². The van der Waals surface area contributed by atoms with E-state index in [1.807, 2.05) is 6.92 Å². The van der Waals surface area contributed by atoms with Crippen LogP contribution in [0.4, 0.5) is 4.39 Å². The molecule has 4 nitrogen and oxygen atoms in total. The van der Waals surface area contributed by atoms with Crippen molar-refractivity contribution in [3.8, 4) is 11.5 Å². The van der Waals surface area contributed by atoms with Crippen molar-refractivity contribution in [2.75, 3.05) is 13.7 Å². The van der Waals surface area contributed by atoms with Crippen molar-refractivity contribution in [2.24, 2.45) is 11.8 Å². The number of benzene rings is 1. The third-order valence-electron chi connectivity index (χ3n) is 5.66. The van der Waals surface area contributed by atoms with Gasteiger partial charge in [-0.15, -0.1) is 6.58 Å². The SMILES string of the molecule is C=CC[C@H]1C[C@]2([C@H](C)Cc3cc(O)c(OC)cc3F)OCCC2=CC1=O. The summed E-state index contributed by atoms with van der Waals surface area (Å²) in [6.07, 6.45) is 5.81. The quantitative estimate of drug-likeness (QED) is 0.780. The molecule has 3 atom stereocenters. The Morgan fingerprint density at radius 3 is 3.00 bits per heavy atom. The summed E-state index contributed by atoms with van der Waals surface area (Å²) in [6.45, 7) is 6.33. The average Bonchev–Trinajstić information content (AvgIpc) is 3.02. The van der Waals surface area contributed by atoms with Gasteiger partial charge in [0, 0.05) is 12.0 Å². The first-order valence-electron chi connectivity index (χ1n) is 8.96. The first kappa shape index (κ1) is 18.6. The number of methoxy groups -OCH3 is 1. The molecule has 0 spiro atoms. The van der Waals surface area contributed by atoms with E-state index in [2.05, 4.69) is 6.58 Å². The van der Waals surface area contributed by atoms with Crippen LogP contribution in [0.15, 0.2) is 36.4 Å². The number of phenolic OH excluding ortho intramolecular Hbond substituents is 1. The highest BCUT2D eigenvalue weighted by Crippen LogP contribution is 2.47. The number of ether oxygens (including phenoxy) is 2. The normalized spacial score (nSPS) is 26.2. The number of hydrogen-bond acceptors (Lipinski definition) is 4. The second kappa shape index (κ2) is 7.23. The van der Waals surface area contributed by atoms with Crippen LogP contribution in [-0.2, 0) is 16.0 Å². The third-order valence-corrected chi connectivity index (χ3v) is 5.66. The van der Waals surface area contributed by atoms with Crippen molar-refractivity contribution in [3.05, 3.63) is 47.8 Å². The number of carbonyl (C=O) groups is 1. The Morgan fingerprint density at radius 1 is 1.54 bits per heavy atom. The summed E-state index contributed by atoms with van der Waals surface area (Å²) in [5, 5.41) is 9.98. The maximum atomic E-state index is 14.4. The number of allylic oxidation sites excluding steroid dienone is 2. The number of halogens is 1. The summed E-state index contributed by atoms with van der Waals surface area (Å²) < 4.78 is 25.5. The predicted octanol–water partition coefficient (Wildman–Crippen LogP) is 3.97. The lowest BCUT2D eigenvalue weighted by Gasteiger charge is -2.41. The van der Waals surface area contributed by atoms with Gasteiger partial charge in [-0.05, 0) is 54.9 Å². The van der Waals surface area contributed by atoms with Crippen molar-refractivity contribution in [3.63, 3.8) is 0 Å². The second-order valence-electron chi connectivity index (χ2n) is 7.21.